The predicted molar refractivity (Wildman–Crippen MR) is 67.4 cm³/mol. The molecule has 0 fully saturated rings. The van der Waals surface area contributed by atoms with Crippen LogP contribution in [0.1, 0.15) is 5.56 Å². The lowest BCUT2D eigenvalue weighted by Gasteiger charge is -2.07. The van der Waals surface area contributed by atoms with Crippen molar-refractivity contribution in [2.75, 3.05) is 0 Å². The van der Waals surface area contributed by atoms with E-state index < -0.39 is 17.7 Å². The zero-order valence-electron chi connectivity index (χ0n) is 8.80. The van der Waals surface area contributed by atoms with Crippen molar-refractivity contribution in [3.63, 3.8) is 0 Å². The molecule has 0 saturated carbocycles. The third-order valence-electron chi connectivity index (χ3n) is 2.34. The molecule has 94 valence electrons. The molecule has 2 rings (SSSR count). The highest BCUT2D eigenvalue weighted by molar-refractivity contribution is 14.1. The maximum atomic E-state index is 13.0. The molecule has 0 aliphatic heterocycles. The van der Waals surface area contributed by atoms with E-state index in [1.54, 1.807) is 22.6 Å². The van der Waals surface area contributed by atoms with Crippen LogP contribution in [0, 0.1) is 9.52 Å². The molecule has 1 nitrogen and oxygen atoms in total. The fourth-order valence-corrected chi connectivity index (χ4v) is 1.91. The Morgan fingerprint density at radius 2 is 1.61 bits per heavy atom. The van der Waals surface area contributed by atoms with Gasteiger partial charge in [-0.1, -0.05) is 12.1 Å². The van der Waals surface area contributed by atoms with Crippen molar-refractivity contribution < 1.29 is 17.6 Å². The van der Waals surface area contributed by atoms with E-state index in [1.165, 1.54) is 24.4 Å². The lowest BCUT2D eigenvalue weighted by Crippen LogP contribution is -2.04. The highest BCUT2D eigenvalue weighted by Gasteiger charge is 2.29. The first-order valence-electron chi connectivity index (χ1n) is 4.86. The van der Waals surface area contributed by atoms with Gasteiger partial charge in [0, 0.05) is 11.8 Å². The summed E-state index contributed by atoms with van der Waals surface area (Å²) in [5, 5.41) is 0. The smallest absolute Gasteiger partial charge is 0.227 e. The maximum Gasteiger partial charge on any atom is 0.416 e. The van der Waals surface area contributed by atoms with E-state index in [2.05, 4.69) is 4.98 Å². The average Bonchev–Trinajstić information content (AvgIpc) is 2.32. The minimum absolute atomic E-state index is 0.324. The van der Waals surface area contributed by atoms with E-state index in [0.717, 1.165) is 12.1 Å². The van der Waals surface area contributed by atoms with Gasteiger partial charge in [-0.2, -0.15) is 17.6 Å². The van der Waals surface area contributed by atoms with Gasteiger partial charge in [-0.05, 0) is 46.4 Å². The minimum atomic E-state index is -4.35. The molecule has 6 heteroatoms. The molecule has 0 N–H and O–H groups in total. The van der Waals surface area contributed by atoms with E-state index in [9.17, 15) is 17.6 Å². The van der Waals surface area contributed by atoms with Crippen molar-refractivity contribution in [1.29, 1.82) is 0 Å². The second-order valence-electron chi connectivity index (χ2n) is 3.57. The summed E-state index contributed by atoms with van der Waals surface area (Å²) >= 11 is 1.78. The number of alkyl halides is 3. The highest BCUT2D eigenvalue weighted by atomic mass is 127. The van der Waals surface area contributed by atoms with Crippen molar-refractivity contribution in [2.24, 2.45) is 0 Å². The molecule has 1 heterocycles. The zero-order chi connectivity index (χ0) is 13.3. The molecule has 0 aliphatic carbocycles. The molecule has 2 aromatic rings. The molecular weight excluding hydrogens is 361 g/mol. The minimum Gasteiger partial charge on any atom is -0.227 e. The first-order chi connectivity index (χ1) is 8.38. The van der Waals surface area contributed by atoms with Crippen LogP contribution in [0.2, 0.25) is 0 Å². The number of hydrogen-bond donors (Lipinski definition) is 0. The van der Waals surface area contributed by atoms with E-state index in [-0.39, 0.29) is 0 Å². The van der Waals surface area contributed by atoms with Gasteiger partial charge in [0.2, 0.25) is 5.95 Å². The van der Waals surface area contributed by atoms with Gasteiger partial charge >= 0.3 is 6.18 Å². The molecule has 1 aromatic heterocycles. The molecule has 0 amide bonds. The molecule has 1 aromatic carbocycles. The summed E-state index contributed by atoms with van der Waals surface area (Å²) in [6.45, 7) is 0. The Balaban J connectivity index is 2.37. The number of rotatable bonds is 1. The summed E-state index contributed by atoms with van der Waals surface area (Å²) in [5.74, 6) is -0.591. The number of nitrogens with zero attached hydrogens (tertiary/aromatic N) is 1. The predicted octanol–water partition coefficient (Wildman–Crippen LogP) is 4.51. The van der Waals surface area contributed by atoms with Crippen molar-refractivity contribution in [1.82, 2.24) is 4.98 Å². The first kappa shape index (κ1) is 13.3. The summed E-state index contributed by atoms with van der Waals surface area (Å²) in [7, 11) is 0. The lowest BCUT2D eigenvalue weighted by molar-refractivity contribution is -0.137. The quantitative estimate of drug-likeness (QED) is 0.411. The van der Waals surface area contributed by atoms with Crippen LogP contribution in [0.3, 0.4) is 0 Å². The molecular formula is C12H6F4IN. The fourth-order valence-electron chi connectivity index (χ4n) is 1.43. The zero-order valence-corrected chi connectivity index (χ0v) is 11.0. The normalized spacial score (nSPS) is 11.6. The third kappa shape index (κ3) is 2.80. The van der Waals surface area contributed by atoms with E-state index in [1.807, 2.05) is 0 Å². The van der Waals surface area contributed by atoms with Gasteiger partial charge in [0.05, 0.1) is 9.13 Å². The van der Waals surface area contributed by atoms with Gasteiger partial charge in [-0.25, -0.2) is 4.98 Å². The van der Waals surface area contributed by atoms with Crippen LogP contribution in [0.15, 0.2) is 36.5 Å². The number of aromatic nitrogens is 1. The van der Waals surface area contributed by atoms with Crippen molar-refractivity contribution in [2.45, 2.75) is 6.18 Å². The van der Waals surface area contributed by atoms with E-state index in [4.69, 9.17) is 0 Å². The maximum absolute atomic E-state index is 13.0. The number of benzene rings is 1. The molecule has 18 heavy (non-hydrogen) atoms. The lowest BCUT2D eigenvalue weighted by atomic mass is 10.1. The summed E-state index contributed by atoms with van der Waals surface area (Å²) in [4.78, 5) is 3.53. The molecule has 0 bridgehead atoms. The van der Waals surface area contributed by atoms with Gasteiger partial charge in [0.1, 0.15) is 0 Å². The Kier molecular flexibility index (Phi) is 3.56. The monoisotopic (exact) mass is 367 g/mol. The summed E-state index contributed by atoms with van der Waals surface area (Å²) in [6.07, 6.45) is -3.06. The average molecular weight is 367 g/mol. The Bertz CT molecular complexity index is 563. The summed E-state index contributed by atoms with van der Waals surface area (Å²) < 4.78 is 50.4. The van der Waals surface area contributed by atoms with Crippen LogP contribution < -0.4 is 0 Å². The number of hydrogen-bond acceptors (Lipinski definition) is 1. The number of halogens is 5. The summed E-state index contributed by atoms with van der Waals surface area (Å²) in [6, 6.07) is 6.20. The van der Waals surface area contributed by atoms with E-state index >= 15 is 0 Å². The Hall–Kier alpha value is -1.18. The van der Waals surface area contributed by atoms with Gasteiger partial charge < -0.3 is 0 Å². The number of pyridine rings is 1. The van der Waals surface area contributed by atoms with Crippen LogP contribution in [-0.4, -0.2) is 4.98 Å². The molecule has 0 saturated heterocycles. The second-order valence-corrected chi connectivity index (χ2v) is 4.73. The largest absolute Gasteiger partial charge is 0.416 e. The van der Waals surface area contributed by atoms with Crippen LogP contribution in [0.4, 0.5) is 17.6 Å². The Morgan fingerprint density at radius 3 is 2.11 bits per heavy atom. The molecule has 0 aliphatic rings. The Morgan fingerprint density at radius 1 is 1.00 bits per heavy atom. The highest BCUT2D eigenvalue weighted by Crippen LogP contribution is 2.31. The molecule has 0 atom stereocenters. The van der Waals surface area contributed by atoms with Crippen molar-refractivity contribution in [3.05, 3.63) is 51.6 Å². The third-order valence-corrected chi connectivity index (χ3v) is 3.10. The molecule has 0 unspecified atom stereocenters. The Labute approximate surface area is 114 Å². The molecule has 0 radical (unpaired) electrons. The fraction of sp³-hybridized carbons (Fsp3) is 0.0833. The molecule has 0 spiro atoms. The van der Waals surface area contributed by atoms with Gasteiger partial charge in [0.15, 0.2) is 0 Å². The van der Waals surface area contributed by atoms with Gasteiger partial charge in [0.25, 0.3) is 0 Å². The van der Waals surface area contributed by atoms with Gasteiger partial charge in [-0.3, -0.25) is 0 Å². The first-order valence-corrected chi connectivity index (χ1v) is 5.94. The van der Waals surface area contributed by atoms with Crippen LogP contribution in [-0.2, 0) is 6.18 Å². The van der Waals surface area contributed by atoms with Crippen LogP contribution in [0.5, 0.6) is 0 Å². The SMILES string of the molecule is Fc1ncc(-c2ccc(C(F)(F)F)cc2)cc1I. The summed E-state index contributed by atoms with van der Waals surface area (Å²) in [5.41, 5.74) is 0.430. The van der Waals surface area contributed by atoms with Crippen molar-refractivity contribution >= 4 is 22.6 Å². The van der Waals surface area contributed by atoms with Gasteiger partial charge in [-0.15, -0.1) is 0 Å². The van der Waals surface area contributed by atoms with Crippen LogP contribution in [0.25, 0.3) is 11.1 Å². The van der Waals surface area contributed by atoms with Crippen LogP contribution >= 0.6 is 22.6 Å². The van der Waals surface area contributed by atoms with Crippen molar-refractivity contribution in [3.8, 4) is 11.1 Å². The second kappa shape index (κ2) is 4.83. The topological polar surface area (TPSA) is 12.9 Å². The van der Waals surface area contributed by atoms with E-state index in [0.29, 0.717) is 14.7 Å². The standard InChI is InChI=1S/C12H6F4IN/c13-11-10(17)5-8(6-18-11)7-1-3-9(4-2-7)12(14,15)16/h1-6H.